The van der Waals surface area contributed by atoms with Crippen LogP contribution in [-0.2, 0) is 0 Å². The van der Waals surface area contributed by atoms with Gasteiger partial charge in [0.05, 0.1) is 0 Å². The fraction of sp³-hybridized carbons (Fsp3) is 0.538. The summed E-state index contributed by atoms with van der Waals surface area (Å²) in [5.41, 5.74) is 1.64. The number of rotatable bonds is 2. The van der Waals surface area contributed by atoms with Gasteiger partial charge in [-0.25, -0.2) is 0 Å². The molecular weight excluding hydrogens is 214 g/mol. The quantitative estimate of drug-likeness (QED) is 0.835. The Morgan fingerprint density at radius 2 is 2.18 bits per heavy atom. The molecular formula is C13H19N3O. The highest BCUT2D eigenvalue weighted by Gasteiger charge is 2.22. The van der Waals surface area contributed by atoms with Crippen molar-refractivity contribution in [3.63, 3.8) is 0 Å². The molecule has 4 nitrogen and oxygen atoms in total. The number of hydrogen-bond acceptors (Lipinski definition) is 3. The second kappa shape index (κ2) is 5.27. The predicted molar refractivity (Wildman–Crippen MR) is 67.0 cm³/mol. The number of likely N-dealkylation sites (tertiary alicyclic amines) is 1. The average Bonchev–Trinajstić information content (AvgIpc) is 2.38. The van der Waals surface area contributed by atoms with Gasteiger partial charge in [-0.15, -0.1) is 0 Å². The Morgan fingerprint density at radius 1 is 1.47 bits per heavy atom. The first-order valence-electron chi connectivity index (χ1n) is 6.10. The average molecular weight is 233 g/mol. The summed E-state index contributed by atoms with van der Waals surface area (Å²) in [6, 6.07) is 4.20. The summed E-state index contributed by atoms with van der Waals surface area (Å²) in [4.78, 5) is 18.3. The monoisotopic (exact) mass is 233 g/mol. The summed E-state index contributed by atoms with van der Waals surface area (Å²) in [5.74, 6) is 0.130. The van der Waals surface area contributed by atoms with Crippen LogP contribution in [0.3, 0.4) is 0 Å². The molecule has 0 saturated carbocycles. The number of hydrogen-bond donors (Lipinski definition) is 1. The molecule has 0 bridgehead atoms. The zero-order chi connectivity index (χ0) is 12.3. The standard InChI is InChI=1S/C13H19N3O/c1-10-9-11(3-6-15-10)13(17)16-7-4-12(14-2)5-8-16/h3,6,9,12,14H,4-5,7-8H2,1-2H3. The van der Waals surface area contributed by atoms with E-state index in [9.17, 15) is 4.79 Å². The third-order valence-corrected chi connectivity index (χ3v) is 3.33. The van der Waals surface area contributed by atoms with E-state index in [1.807, 2.05) is 24.9 Å². The van der Waals surface area contributed by atoms with Crippen LogP contribution in [0.5, 0.6) is 0 Å². The number of carbonyl (C=O) groups excluding carboxylic acids is 1. The molecule has 1 aromatic rings. The summed E-state index contributed by atoms with van der Waals surface area (Å²) < 4.78 is 0. The zero-order valence-electron chi connectivity index (χ0n) is 10.4. The van der Waals surface area contributed by atoms with Crippen molar-refractivity contribution in [2.45, 2.75) is 25.8 Å². The van der Waals surface area contributed by atoms with E-state index in [2.05, 4.69) is 10.3 Å². The molecule has 0 spiro atoms. The number of aromatic nitrogens is 1. The molecule has 0 radical (unpaired) electrons. The highest BCUT2D eigenvalue weighted by Crippen LogP contribution is 2.13. The second-order valence-electron chi connectivity index (χ2n) is 4.54. The molecule has 0 aromatic carbocycles. The van der Waals surface area contributed by atoms with E-state index in [0.717, 1.165) is 37.2 Å². The third kappa shape index (κ3) is 2.82. The Kier molecular flexibility index (Phi) is 3.74. The lowest BCUT2D eigenvalue weighted by molar-refractivity contribution is 0.0707. The minimum atomic E-state index is 0.130. The van der Waals surface area contributed by atoms with Gasteiger partial charge in [-0.1, -0.05) is 0 Å². The summed E-state index contributed by atoms with van der Waals surface area (Å²) >= 11 is 0. The van der Waals surface area contributed by atoms with Gasteiger partial charge in [-0.3, -0.25) is 9.78 Å². The van der Waals surface area contributed by atoms with Crippen molar-refractivity contribution in [3.8, 4) is 0 Å². The molecule has 1 N–H and O–H groups in total. The number of aryl methyl sites for hydroxylation is 1. The molecule has 1 fully saturated rings. The first-order valence-corrected chi connectivity index (χ1v) is 6.10. The minimum absolute atomic E-state index is 0.130. The van der Waals surface area contributed by atoms with E-state index in [1.54, 1.807) is 12.3 Å². The van der Waals surface area contributed by atoms with E-state index < -0.39 is 0 Å². The van der Waals surface area contributed by atoms with Gasteiger partial charge in [0.2, 0.25) is 0 Å². The largest absolute Gasteiger partial charge is 0.339 e. The molecule has 0 unspecified atom stereocenters. The third-order valence-electron chi connectivity index (χ3n) is 3.33. The molecule has 4 heteroatoms. The van der Waals surface area contributed by atoms with Crippen molar-refractivity contribution >= 4 is 5.91 Å². The van der Waals surface area contributed by atoms with Crippen molar-refractivity contribution in [1.82, 2.24) is 15.2 Å². The molecule has 1 saturated heterocycles. The summed E-state index contributed by atoms with van der Waals surface area (Å²) in [5, 5.41) is 3.26. The van der Waals surface area contributed by atoms with E-state index in [-0.39, 0.29) is 5.91 Å². The van der Waals surface area contributed by atoms with Crippen LogP contribution in [0.15, 0.2) is 18.3 Å². The van der Waals surface area contributed by atoms with Crippen LogP contribution in [0.25, 0.3) is 0 Å². The minimum Gasteiger partial charge on any atom is -0.339 e. The smallest absolute Gasteiger partial charge is 0.253 e. The Morgan fingerprint density at radius 3 is 2.76 bits per heavy atom. The number of nitrogens with one attached hydrogen (secondary N) is 1. The highest BCUT2D eigenvalue weighted by atomic mass is 16.2. The molecule has 1 aromatic heterocycles. The van der Waals surface area contributed by atoms with Crippen LogP contribution in [0, 0.1) is 6.92 Å². The Bertz CT molecular complexity index is 397. The second-order valence-corrected chi connectivity index (χ2v) is 4.54. The van der Waals surface area contributed by atoms with E-state index in [0.29, 0.717) is 6.04 Å². The van der Waals surface area contributed by atoms with Gasteiger partial charge in [-0.05, 0) is 38.9 Å². The van der Waals surface area contributed by atoms with Crippen LogP contribution < -0.4 is 5.32 Å². The molecule has 0 atom stereocenters. The maximum absolute atomic E-state index is 12.2. The fourth-order valence-corrected chi connectivity index (χ4v) is 2.23. The number of carbonyl (C=O) groups is 1. The number of amides is 1. The summed E-state index contributed by atoms with van der Waals surface area (Å²) in [6.07, 6.45) is 3.77. The Hall–Kier alpha value is -1.42. The fourth-order valence-electron chi connectivity index (χ4n) is 2.23. The van der Waals surface area contributed by atoms with Gasteiger partial charge >= 0.3 is 0 Å². The van der Waals surface area contributed by atoms with Crippen LogP contribution >= 0.6 is 0 Å². The maximum Gasteiger partial charge on any atom is 0.253 e. The van der Waals surface area contributed by atoms with E-state index >= 15 is 0 Å². The van der Waals surface area contributed by atoms with Crippen molar-refractivity contribution in [3.05, 3.63) is 29.6 Å². The van der Waals surface area contributed by atoms with Gasteiger partial charge in [0.25, 0.3) is 5.91 Å². The lowest BCUT2D eigenvalue weighted by Gasteiger charge is -2.31. The maximum atomic E-state index is 12.2. The van der Waals surface area contributed by atoms with Crippen LogP contribution in [0.4, 0.5) is 0 Å². The first-order chi connectivity index (χ1) is 8.20. The molecule has 2 rings (SSSR count). The summed E-state index contributed by atoms with van der Waals surface area (Å²) in [7, 11) is 1.98. The van der Waals surface area contributed by atoms with E-state index in [4.69, 9.17) is 0 Å². The topological polar surface area (TPSA) is 45.2 Å². The van der Waals surface area contributed by atoms with Crippen LogP contribution in [0.2, 0.25) is 0 Å². The number of pyridine rings is 1. The Balaban J connectivity index is 2.02. The molecule has 17 heavy (non-hydrogen) atoms. The predicted octanol–water partition coefficient (Wildman–Crippen LogP) is 1.21. The molecule has 2 heterocycles. The lowest BCUT2D eigenvalue weighted by atomic mass is 10.0. The SMILES string of the molecule is CNC1CCN(C(=O)c2ccnc(C)c2)CC1. The molecule has 1 amide bonds. The van der Waals surface area contributed by atoms with Crippen molar-refractivity contribution in [2.24, 2.45) is 0 Å². The van der Waals surface area contributed by atoms with Crippen LogP contribution in [-0.4, -0.2) is 42.0 Å². The number of piperidine rings is 1. The molecule has 1 aliphatic rings. The van der Waals surface area contributed by atoms with Gasteiger partial charge < -0.3 is 10.2 Å². The molecule has 0 aliphatic carbocycles. The van der Waals surface area contributed by atoms with Gasteiger partial charge in [-0.2, -0.15) is 0 Å². The summed E-state index contributed by atoms with van der Waals surface area (Å²) in [6.45, 7) is 3.58. The van der Waals surface area contributed by atoms with Crippen molar-refractivity contribution < 1.29 is 4.79 Å². The molecule has 1 aliphatic heterocycles. The zero-order valence-corrected chi connectivity index (χ0v) is 10.4. The first kappa shape index (κ1) is 12.0. The lowest BCUT2D eigenvalue weighted by Crippen LogP contribution is -2.43. The van der Waals surface area contributed by atoms with E-state index in [1.165, 1.54) is 0 Å². The Labute approximate surface area is 102 Å². The van der Waals surface area contributed by atoms with Crippen LogP contribution in [0.1, 0.15) is 28.9 Å². The van der Waals surface area contributed by atoms with Crippen molar-refractivity contribution in [1.29, 1.82) is 0 Å². The highest BCUT2D eigenvalue weighted by molar-refractivity contribution is 5.94. The van der Waals surface area contributed by atoms with Gasteiger partial charge in [0.1, 0.15) is 0 Å². The number of nitrogens with zero attached hydrogens (tertiary/aromatic N) is 2. The van der Waals surface area contributed by atoms with Crippen molar-refractivity contribution in [2.75, 3.05) is 20.1 Å². The van der Waals surface area contributed by atoms with Gasteiger partial charge in [0.15, 0.2) is 0 Å². The normalized spacial score (nSPS) is 17.2. The molecule has 92 valence electrons. The van der Waals surface area contributed by atoms with Gasteiger partial charge in [0, 0.05) is 36.6 Å².